The number of anilines is 1. The van der Waals surface area contributed by atoms with E-state index < -0.39 is 6.04 Å². The van der Waals surface area contributed by atoms with E-state index in [1.807, 2.05) is 6.92 Å². The van der Waals surface area contributed by atoms with Gasteiger partial charge in [0.25, 0.3) is 0 Å². The molecule has 0 saturated carbocycles. The number of pyridine rings is 1. The Bertz CT molecular complexity index is 273. The fraction of sp³-hybridized carbons (Fsp3) is 0.333. The van der Waals surface area contributed by atoms with Crippen LogP contribution in [0.3, 0.4) is 0 Å². The first-order chi connectivity index (χ1) is 6.24. The molecular weight excluding hydrogens is 166 g/mol. The summed E-state index contributed by atoms with van der Waals surface area (Å²) < 4.78 is 0. The molecule has 1 atom stereocenters. The van der Waals surface area contributed by atoms with Crippen molar-refractivity contribution < 1.29 is 4.79 Å². The topological polar surface area (TPSA) is 68.0 Å². The number of nitrogens with one attached hydrogen (secondary N) is 1. The van der Waals surface area contributed by atoms with Gasteiger partial charge in [-0.2, -0.15) is 0 Å². The number of carbonyl (C=O) groups is 1. The van der Waals surface area contributed by atoms with E-state index in [0.29, 0.717) is 6.42 Å². The maximum atomic E-state index is 11.3. The summed E-state index contributed by atoms with van der Waals surface area (Å²) in [5, 5.41) is 2.69. The third-order valence-electron chi connectivity index (χ3n) is 1.72. The third-order valence-corrected chi connectivity index (χ3v) is 1.72. The minimum absolute atomic E-state index is 0.159. The summed E-state index contributed by atoms with van der Waals surface area (Å²) in [6.45, 7) is 1.87. The van der Waals surface area contributed by atoms with Crippen LogP contribution in [0.2, 0.25) is 0 Å². The first kappa shape index (κ1) is 9.67. The van der Waals surface area contributed by atoms with Gasteiger partial charge in [0.15, 0.2) is 0 Å². The van der Waals surface area contributed by atoms with Gasteiger partial charge in [-0.05, 0) is 18.6 Å². The molecule has 1 rings (SSSR count). The number of amides is 1. The van der Waals surface area contributed by atoms with Crippen LogP contribution in [0.1, 0.15) is 13.3 Å². The molecule has 13 heavy (non-hydrogen) atoms. The van der Waals surface area contributed by atoms with E-state index >= 15 is 0 Å². The Morgan fingerprint density at radius 2 is 2.23 bits per heavy atom. The number of nitrogens with zero attached hydrogens (tertiary/aromatic N) is 1. The fourth-order valence-corrected chi connectivity index (χ4v) is 0.856. The first-order valence-electron chi connectivity index (χ1n) is 4.20. The average Bonchev–Trinajstić information content (AvgIpc) is 2.18. The lowest BCUT2D eigenvalue weighted by molar-refractivity contribution is -0.117. The number of aromatic nitrogens is 1. The molecule has 1 aromatic heterocycles. The quantitative estimate of drug-likeness (QED) is 0.719. The summed E-state index contributed by atoms with van der Waals surface area (Å²) in [7, 11) is 0. The average molecular weight is 179 g/mol. The monoisotopic (exact) mass is 179 g/mol. The predicted octanol–water partition coefficient (Wildman–Crippen LogP) is 0.757. The zero-order valence-electron chi connectivity index (χ0n) is 7.53. The van der Waals surface area contributed by atoms with Crippen molar-refractivity contribution in [2.75, 3.05) is 5.32 Å². The lowest BCUT2D eigenvalue weighted by Crippen LogP contribution is -2.34. The highest BCUT2D eigenvalue weighted by atomic mass is 16.2. The van der Waals surface area contributed by atoms with E-state index in [1.165, 1.54) is 0 Å². The second-order valence-electron chi connectivity index (χ2n) is 2.74. The minimum atomic E-state index is -0.437. The van der Waals surface area contributed by atoms with Crippen molar-refractivity contribution in [2.45, 2.75) is 19.4 Å². The molecule has 70 valence electrons. The number of carbonyl (C=O) groups excluding carboxylic acids is 1. The van der Waals surface area contributed by atoms with E-state index in [1.54, 1.807) is 24.5 Å². The Hall–Kier alpha value is -1.42. The first-order valence-corrected chi connectivity index (χ1v) is 4.20. The molecule has 1 heterocycles. The second-order valence-corrected chi connectivity index (χ2v) is 2.74. The Morgan fingerprint density at radius 1 is 1.62 bits per heavy atom. The zero-order chi connectivity index (χ0) is 9.68. The van der Waals surface area contributed by atoms with E-state index in [0.717, 1.165) is 5.69 Å². The molecule has 1 aromatic rings. The molecule has 4 heteroatoms. The van der Waals surface area contributed by atoms with Crippen molar-refractivity contribution in [3.63, 3.8) is 0 Å². The van der Waals surface area contributed by atoms with Crippen LogP contribution in [0.15, 0.2) is 24.5 Å². The highest BCUT2D eigenvalue weighted by Crippen LogP contribution is 2.03. The number of rotatable bonds is 3. The molecule has 0 bridgehead atoms. The van der Waals surface area contributed by atoms with Crippen LogP contribution in [0.5, 0.6) is 0 Å². The van der Waals surface area contributed by atoms with Crippen LogP contribution in [0.4, 0.5) is 5.69 Å². The van der Waals surface area contributed by atoms with E-state index in [2.05, 4.69) is 10.3 Å². The summed E-state index contributed by atoms with van der Waals surface area (Å²) in [6.07, 6.45) is 3.87. The molecule has 0 spiro atoms. The molecule has 0 aliphatic heterocycles. The van der Waals surface area contributed by atoms with Gasteiger partial charge in [0.05, 0.1) is 6.04 Å². The molecule has 0 aliphatic rings. The van der Waals surface area contributed by atoms with Gasteiger partial charge in [0.1, 0.15) is 0 Å². The van der Waals surface area contributed by atoms with Crippen LogP contribution in [0, 0.1) is 0 Å². The van der Waals surface area contributed by atoms with Crippen molar-refractivity contribution in [3.05, 3.63) is 24.5 Å². The van der Waals surface area contributed by atoms with Crippen molar-refractivity contribution in [1.82, 2.24) is 4.98 Å². The van der Waals surface area contributed by atoms with E-state index in [4.69, 9.17) is 5.73 Å². The Balaban J connectivity index is 2.55. The van der Waals surface area contributed by atoms with Gasteiger partial charge < -0.3 is 11.1 Å². The zero-order valence-corrected chi connectivity index (χ0v) is 7.53. The van der Waals surface area contributed by atoms with Crippen molar-refractivity contribution >= 4 is 11.6 Å². The van der Waals surface area contributed by atoms with Crippen LogP contribution in [-0.2, 0) is 4.79 Å². The summed E-state index contributed by atoms with van der Waals surface area (Å²) in [4.78, 5) is 15.1. The molecule has 0 radical (unpaired) electrons. The molecule has 0 fully saturated rings. The molecular formula is C9H13N3O. The van der Waals surface area contributed by atoms with Crippen LogP contribution in [-0.4, -0.2) is 16.9 Å². The SMILES string of the molecule is CC[C@H](N)C(=O)Nc1ccncc1. The van der Waals surface area contributed by atoms with E-state index in [-0.39, 0.29) is 5.91 Å². The molecule has 0 unspecified atom stereocenters. The summed E-state index contributed by atoms with van der Waals surface area (Å²) >= 11 is 0. The highest BCUT2D eigenvalue weighted by molar-refractivity contribution is 5.94. The van der Waals surface area contributed by atoms with Gasteiger partial charge >= 0.3 is 0 Å². The lowest BCUT2D eigenvalue weighted by atomic mass is 10.2. The molecule has 0 aromatic carbocycles. The lowest BCUT2D eigenvalue weighted by Gasteiger charge is -2.09. The summed E-state index contributed by atoms with van der Waals surface area (Å²) in [5.74, 6) is -0.159. The molecule has 3 N–H and O–H groups in total. The van der Waals surface area contributed by atoms with Crippen molar-refractivity contribution in [1.29, 1.82) is 0 Å². The van der Waals surface area contributed by atoms with Gasteiger partial charge in [-0.25, -0.2) is 0 Å². The molecule has 1 amide bonds. The van der Waals surface area contributed by atoms with Gasteiger partial charge in [-0.1, -0.05) is 6.92 Å². The summed E-state index contributed by atoms with van der Waals surface area (Å²) in [5.41, 5.74) is 6.26. The van der Waals surface area contributed by atoms with Crippen molar-refractivity contribution in [3.8, 4) is 0 Å². The Labute approximate surface area is 77.2 Å². The Morgan fingerprint density at radius 3 is 2.77 bits per heavy atom. The molecule has 0 saturated heterocycles. The maximum Gasteiger partial charge on any atom is 0.241 e. The Kier molecular flexibility index (Phi) is 3.40. The maximum absolute atomic E-state index is 11.3. The molecule has 4 nitrogen and oxygen atoms in total. The van der Waals surface area contributed by atoms with Crippen LogP contribution in [0.25, 0.3) is 0 Å². The number of nitrogens with two attached hydrogens (primary N) is 1. The number of hydrogen-bond donors (Lipinski definition) is 2. The predicted molar refractivity (Wildman–Crippen MR) is 51.1 cm³/mol. The standard InChI is InChI=1S/C9H13N3O/c1-2-8(10)9(13)12-7-3-5-11-6-4-7/h3-6,8H,2,10H2,1H3,(H,11,12,13)/t8-/m0/s1. The minimum Gasteiger partial charge on any atom is -0.325 e. The fourth-order valence-electron chi connectivity index (χ4n) is 0.856. The van der Waals surface area contributed by atoms with Crippen LogP contribution >= 0.6 is 0 Å². The van der Waals surface area contributed by atoms with Gasteiger partial charge in [-0.15, -0.1) is 0 Å². The van der Waals surface area contributed by atoms with Gasteiger partial charge in [-0.3, -0.25) is 9.78 Å². The van der Waals surface area contributed by atoms with Gasteiger partial charge in [0.2, 0.25) is 5.91 Å². The summed E-state index contributed by atoms with van der Waals surface area (Å²) in [6, 6.07) is 3.01. The highest BCUT2D eigenvalue weighted by Gasteiger charge is 2.09. The largest absolute Gasteiger partial charge is 0.325 e. The van der Waals surface area contributed by atoms with Crippen LogP contribution < -0.4 is 11.1 Å². The number of hydrogen-bond acceptors (Lipinski definition) is 3. The normalized spacial score (nSPS) is 12.2. The van der Waals surface area contributed by atoms with E-state index in [9.17, 15) is 4.79 Å². The molecule has 0 aliphatic carbocycles. The third kappa shape index (κ3) is 2.83. The second kappa shape index (κ2) is 4.57. The smallest absolute Gasteiger partial charge is 0.241 e. The van der Waals surface area contributed by atoms with Gasteiger partial charge in [0, 0.05) is 18.1 Å². The van der Waals surface area contributed by atoms with Crippen molar-refractivity contribution in [2.24, 2.45) is 5.73 Å².